The first-order valence-corrected chi connectivity index (χ1v) is 7.89. The van der Waals surface area contributed by atoms with Gasteiger partial charge in [-0.1, -0.05) is 26.7 Å². The van der Waals surface area contributed by atoms with Crippen LogP contribution in [0.25, 0.3) is 0 Å². The summed E-state index contributed by atoms with van der Waals surface area (Å²) in [5.74, 6) is -0.0330. The molecule has 1 aromatic rings. The molecule has 0 aromatic heterocycles. The molecule has 1 aromatic carbocycles. The average molecular weight is 306 g/mol. The molecule has 0 spiro atoms. The molecule has 124 valence electrons. The third-order valence-electron chi connectivity index (χ3n) is 2.81. The third-order valence-corrected chi connectivity index (χ3v) is 2.81. The molecule has 0 amide bonds. The molecular weight excluding hydrogens is 276 g/mol. The van der Waals surface area contributed by atoms with Crippen LogP contribution in [0.15, 0.2) is 24.3 Å². The van der Waals surface area contributed by atoms with Gasteiger partial charge in [0.15, 0.2) is 5.90 Å². The number of unbranched alkanes of at least 4 members (excludes halogenated alkanes) is 2. The van der Waals surface area contributed by atoms with E-state index in [1.807, 2.05) is 0 Å². The van der Waals surface area contributed by atoms with Crippen molar-refractivity contribution in [2.75, 3.05) is 18.8 Å². The van der Waals surface area contributed by atoms with Crippen molar-refractivity contribution >= 4 is 17.5 Å². The van der Waals surface area contributed by atoms with Crippen molar-refractivity contribution in [3.05, 3.63) is 29.8 Å². The maximum atomic E-state index is 7.43. The fraction of sp³-hybridized carbons (Fsp3) is 0.529. The Bertz CT molecular complexity index is 423. The van der Waals surface area contributed by atoms with Crippen LogP contribution in [0.1, 0.15) is 52.0 Å². The minimum Gasteiger partial charge on any atom is -0.426 e. The molecule has 0 aliphatic heterocycles. The Balaban J connectivity index is 0.000000433. The lowest BCUT2D eigenvalue weighted by Gasteiger charge is -2.04. The molecule has 0 unspecified atom stereocenters. The molecule has 0 aliphatic carbocycles. The van der Waals surface area contributed by atoms with E-state index in [1.165, 1.54) is 45.7 Å². The smallest absolute Gasteiger partial charge is 0.220 e. The number of rotatable bonds is 7. The molecule has 5 heteroatoms. The highest BCUT2D eigenvalue weighted by Gasteiger charge is 2.02. The van der Waals surface area contributed by atoms with E-state index in [-0.39, 0.29) is 11.8 Å². The van der Waals surface area contributed by atoms with Crippen LogP contribution in [0.2, 0.25) is 0 Å². The zero-order valence-corrected chi connectivity index (χ0v) is 14.0. The van der Waals surface area contributed by atoms with Gasteiger partial charge in [0.2, 0.25) is 5.90 Å². The summed E-state index contributed by atoms with van der Waals surface area (Å²) < 4.78 is 4.80. The molecule has 0 saturated heterocycles. The number of nitrogens with two attached hydrogens (primary N) is 1. The predicted molar refractivity (Wildman–Crippen MR) is 94.9 cm³/mol. The van der Waals surface area contributed by atoms with Crippen molar-refractivity contribution < 1.29 is 4.74 Å². The van der Waals surface area contributed by atoms with Crippen LogP contribution < -0.4 is 11.1 Å². The van der Waals surface area contributed by atoms with Crippen molar-refractivity contribution in [2.45, 2.75) is 46.5 Å². The number of ether oxygens (including phenoxy) is 1. The summed E-state index contributed by atoms with van der Waals surface area (Å²) in [6.07, 6.45) is 5.30. The minimum absolute atomic E-state index is 0.00169. The van der Waals surface area contributed by atoms with Crippen LogP contribution in [0.4, 0.5) is 5.69 Å². The molecule has 5 nitrogen and oxygen atoms in total. The number of benzene rings is 1. The van der Waals surface area contributed by atoms with E-state index < -0.39 is 0 Å². The largest absolute Gasteiger partial charge is 0.426 e. The monoisotopic (exact) mass is 306 g/mol. The molecule has 0 atom stereocenters. The Labute approximate surface area is 134 Å². The highest BCUT2D eigenvalue weighted by Crippen LogP contribution is 2.06. The average Bonchev–Trinajstić information content (AvgIpc) is 2.48. The van der Waals surface area contributed by atoms with Crippen LogP contribution in [0, 0.1) is 10.8 Å². The molecule has 0 bridgehead atoms. The summed E-state index contributed by atoms with van der Waals surface area (Å²) in [6, 6.07) is 6.74. The zero-order chi connectivity index (χ0) is 16.8. The highest BCUT2D eigenvalue weighted by atomic mass is 16.5. The van der Waals surface area contributed by atoms with E-state index in [4.69, 9.17) is 21.3 Å². The van der Waals surface area contributed by atoms with Crippen molar-refractivity contribution in [1.82, 2.24) is 5.32 Å². The Hall–Kier alpha value is -1.88. The molecule has 0 fully saturated rings. The van der Waals surface area contributed by atoms with Crippen molar-refractivity contribution in [2.24, 2.45) is 0 Å². The second-order valence-electron chi connectivity index (χ2n) is 5.07. The zero-order valence-electron chi connectivity index (χ0n) is 14.0. The summed E-state index contributed by atoms with van der Waals surface area (Å²) >= 11 is 0. The second-order valence-corrected chi connectivity index (χ2v) is 5.07. The lowest BCUT2D eigenvalue weighted by Crippen LogP contribution is -2.15. The third kappa shape index (κ3) is 10.9. The van der Waals surface area contributed by atoms with Gasteiger partial charge in [0.05, 0.1) is 0 Å². The van der Waals surface area contributed by atoms with E-state index in [1.54, 1.807) is 24.3 Å². The lowest BCUT2D eigenvalue weighted by atomic mass is 10.2. The molecule has 5 N–H and O–H groups in total. The molecule has 0 saturated carbocycles. The van der Waals surface area contributed by atoms with Crippen molar-refractivity contribution in [1.29, 1.82) is 10.8 Å². The van der Waals surface area contributed by atoms with Crippen LogP contribution >= 0.6 is 0 Å². The van der Waals surface area contributed by atoms with Gasteiger partial charge in [0.25, 0.3) is 0 Å². The van der Waals surface area contributed by atoms with Crippen LogP contribution in [-0.2, 0) is 4.74 Å². The summed E-state index contributed by atoms with van der Waals surface area (Å²) in [5.41, 5.74) is 6.73. The standard InChI is InChI=1S/C9H11N3O.C8H19N/c1-6(10)13-9(12)7-2-4-8(11)5-3-7;1-3-5-6-8-9-7-4-2/h2-5,10,12H,11H2,1H3;9H,3-8H2,1-2H3. The van der Waals surface area contributed by atoms with Crippen LogP contribution in [0.3, 0.4) is 0 Å². The SMILES string of the molecule is CC(=N)OC(=N)c1ccc(N)cc1.CCCCCNCCC. The first-order chi connectivity index (χ1) is 10.5. The quantitative estimate of drug-likeness (QED) is 0.267. The summed E-state index contributed by atoms with van der Waals surface area (Å²) in [7, 11) is 0. The van der Waals surface area contributed by atoms with Crippen molar-refractivity contribution in [3.8, 4) is 0 Å². The van der Waals surface area contributed by atoms with E-state index in [0.717, 1.165) is 0 Å². The summed E-state index contributed by atoms with van der Waals surface area (Å²) in [4.78, 5) is 0. The van der Waals surface area contributed by atoms with Gasteiger partial charge in [-0.3, -0.25) is 10.8 Å². The molecule has 1 rings (SSSR count). The van der Waals surface area contributed by atoms with Crippen molar-refractivity contribution in [3.63, 3.8) is 0 Å². The highest BCUT2D eigenvalue weighted by molar-refractivity contribution is 5.98. The molecule has 0 radical (unpaired) electrons. The normalized spacial score (nSPS) is 9.59. The maximum absolute atomic E-state index is 7.43. The van der Waals surface area contributed by atoms with Crippen LogP contribution in [-0.4, -0.2) is 24.9 Å². The number of nitrogens with one attached hydrogen (secondary N) is 3. The summed E-state index contributed by atoms with van der Waals surface area (Å²) in [6.45, 7) is 8.31. The number of hydrogen-bond acceptors (Lipinski definition) is 5. The number of hydrogen-bond donors (Lipinski definition) is 4. The lowest BCUT2D eigenvalue weighted by molar-refractivity contribution is 0.532. The second kappa shape index (κ2) is 12.8. The van der Waals surface area contributed by atoms with Gasteiger partial charge in [-0.2, -0.15) is 0 Å². The van der Waals surface area contributed by atoms with Gasteiger partial charge in [-0.15, -0.1) is 0 Å². The Morgan fingerprint density at radius 3 is 2.18 bits per heavy atom. The van der Waals surface area contributed by atoms with E-state index >= 15 is 0 Å². The predicted octanol–water partition coefficient (Wildman–Crippen LogP) is 3.78. The van der Waals surface area contributed by atoms with Gasteiger partial charge < -0.3 is 15.8 Å². The van der Waals surface area contributed by atoms with Gasteiger partial charge >= 0.3 is 0 Å². The minimum atomic E-state index is -0.0347. The molecule has 0 heterocycles. The number of nitrogen functional groups attached to an aromatic ring is 1. The first kappa shape index (κ1) is 20.1. The molecule has 22 heavy (non-hydrogen) atoms. The maximum Gasteiger partial charge on any atom is 0.220 e. The van der Waals surface area contributed by atoms with Gasteiger partial charge in [0.1, 0.15) is 0 Å². The van der Waals surface area contributed by atoms with Crippen LogP contribution in [0.5, 0.6) is 0 Å². The summed E-state index contributed by atoms with van der Waals surface area (Å²) in [5, 5.41) is 17.8. The van der Waals surface area contributed by atoms with Gasteiger partial charge in [0, 0.05) is 18.2 Å². The fourth-order valence-electron chi connectivity index (χ4n) is 1.65. The van der Waals surface area contributed by atoms with E-state index in [9.17, 15) is 0 Å². The molecule has 0 aliphatic rings. The Kier molecular flexibility index (Phi) is 11.7. The Morgan fingerprint density at radius 2 is 1.68 bits per heavy atom. The number of anilines is 1. The molecular formula is C17H30N4O. The Morgan fingerprint density at radius 1 is 1.05 bits per heavy atom. The van der Waals surface area contributed by atoms with E-state index in [2.05, 4.69) is 19.2 Å². The first-order valence-electron chi connectivity index (χ1n) is 7.89. The van der Waals surface area contributed by atoms with Gasteiger partial charge in [-0.05, 0) is 50.2 Å². The topological polar surface area (TPSA) is 95.0 Å². The van der Waals surface area contributed by atoms with Gasteiger partial charge in [-0.25, -0.2) is 0 Å². The van der Waals surface area contributed by atoms with E-state index in [0.29, 0.717) is 11.3 Å². The fourth-order valence-corrected chi connectivity index (χ4v) is 1.65.